The van der Waals surface area contributed by atoms with E-state index in [2.05, 4.69) is 46.8 Å². The number of hydrogen-bond acceptors (Lipinski definition) is 4. The number of aromatic nitrogens is 3. The monoisotopic (exact) mass is 555 g/mol. The number of para-hydroxylation sites is 2. The Balaban J connectivity index is 1.53. The molecule has 7 heteroatoms. The second-order valence-electron chi connectivity index (χ2n) is 10.3. The molecule has 0 aliphatic rings. The average molecular weight is 556 g/mol. The van der Waals surface area contributed by atoms with Crippen molar-refractivity contribution in [2.24, 2.45) is 0 Å². The normalized spacial score (nSPS) is 11.2. The van der Waals surface area contributed by atoms with E-state index in [1.165, 1.54) is 16.6 Å². The van der Waals surface area contributed by atoms with E-state index < -0.39 is 0 Å². The van der Waals surface area contributed by atoms with Gasteiger partial charge >= 0.3 is 0 Å². The molecule has 206 valence electrons. The van der Waals surface area contributed by atoms with Crippen LogP contribution in [0.1, 0.15) is 45.8 Å². The first-order valence-corrected chi connectivity index (χ1v) is 13.9. The molecular formula is C33H34ClN3O3. The molecular weight excluding hydrogens is 522 g/mol. The van der Waals surface area contributed by atoms with Gasteiger partial charge in [-0.05, 0) is 82.3 Å². The second-order valence-corrected chi connectivity index (χ2v) is 10.7. The number of nitrogens with zero attached hydrogens (tertiary/aromatic N) is 2. The molecule has 3 aromatic carbocycles. The van der Waals surface area contributed by atoms with E-state index in [0.29, 0.717) is 25.4 Å². The van der Waals surface area contributed by atoms with Crippen molar-refractivity contribution >= 4 is 29.0 Å². The summed E-state index contributed by atoms with van der Waals surface area (Å²) < 4.78 is 13.8. The molecule has 2 heterocycles. The van der Waals surface area contributed by atoms with Crippen LogP contribution in [0.3, 0.4) is 0 Å². The van der Waals surface area contributed by atoms with Crippen LogP contribution in [0.25, 0.3) is 22.0 Å². The average Bonchev–Trinajstić information content (AvgIpc) is 3.41. The summed E-state index contributed by atoms with van der Waals surface area (Å²) in [5.41, 5.74) is 10.8. The molecule has 0 aliphatic heterocycles. The highest BCUT2D eigenvalue weighted by atomic mass is 35.5. The summed E-state index contributed by atoms with van der Waals surface area (Å²) >= 11 is 6.33. The molecule has 40 heavy (non-hydrogen) atoms. The molecule has 1 N–H and O–H groups in total. The SMILES string of the molecule is Cc1cc(OCCCc2c(C)n(Cc3ccccc3OC=O)c3c(-c4c(C)n[nH]c4C)cccc23)cc(C)c1Cl. The van der Waals surface area contributed by atoms with Crippen LogP contribution < -0.4 is 9.47 Å². The van der Waals surface area contributed by atoms with E-state index in [-0.39, 0.29) is 0 Å². The maximum absolute atomic E-state index is 11.2. The first-order chi connectivity index (χ1) is 19.3. The molecule has 6 nitrogen and oxygen atoms in total. The third-order valence-electron chi connectivity index (χ3n) is 7.60. The Morgan fingerprint density at radius 1 is 1.00 bits per heavy atom. The number of halogens is 1. The number of hydrogen-bond donors (Lipinski definition) is 1. The summed E-state index contributed by atoms with van der Waals surface area (Å²) in [4.78, 5) is 11.2. The molecule has 2 aromatic heterocycles. The minimum Gasteiger partial charge on any atom is -0.494 e. The molecule has 0 bridgehead atoms. The van der Waals surface area contributed by atoms with Crippen molar-refractivity contribution in [2.45, 2.75) is 54.0 Å². The summed E-state index contributed by atoms with van der Waals surface area (Å²) in [6, 6.07) is 18.1. The molecule has 5 rings (SSSR count). The molecule has 0 amide bonds. The van der Waals surface area contributed by atoms with E-state index in [1.807, 2.05) is 57.2 Å². The van der Waals surface area contributed by atoms with Gasteiger partial charge in [-0.25, -0.2) is 0 Å². The van der Waals surface area contributed by atoms with Gasteiger partial charge in [-0.3, -0.25) is 9.89 Å². The van der Waals surface area contributed by atoms with Crippen LogP contribution in [-0.4, -0.2) is 27.8 Å². The van der Waals surface area contributed by atoms with E-state index in [4.69, 9.17) is 21.1 Å². The number of carbonyl (C=O) groups excluding carboxylic acids is 1. The third-order valence-corrected chi connectivity index (χ3v) is 8.19. The lowest BCUT2D eigenvalue weighted by atomic mass is 9.99. The van der Waals surface area contributed by atoms with Gasteiger partial charge in [-0.2, -0.15) is 5.10 Å². The minimum absolute atomic E-state index is 0.484. The predicted molar refractivity (Wildman–Crippen MR) is 161 cm³/mol. The van der Waals surface area contributed by atoms with Gasteiger partial charge in [-0.1, -0.05) is 48.0 Å². The fourth-order valence-corrected chi connectivity index (χ4v) is 5.78. The molecule has 0 aliphatic carbocycles. The van der Waals surface area contributed by atoms with E-state index >= 15 is 0 Å². The number of ether oxygens (including phenoxy) is 2. The Bertz CT molecular complexity index is 1660. The molecule has 0 saturated heterocycles. The summed E-state index contributed by atoms with van der Waals surface area (Å²) in [5.74, 6) is 1.41. The van der Waals surface area contributed by atoms with E-state index in [1.54, 1.807) is 0 Å². The van der Waals surface area contributed by atoms with Crippen LogP contribution in [0.2, 0.25) is 5.02 Å². The fourth-order valence-electron chi connectivity index (χ4n) is 5.67. The van der Waals surface area contributed by atoms with Crippen molar-refractivity contribution in [3.63, 3.8) is 0 Å². The van der Waals surface area contributed by atoms with Gasteiger partial charge < -0.3 is 14.0 Å². The van der Waals surface area contributed by atoms with Gasteiger partial charge in [0.05, 0.1) is 24.4 Å². The van der Waals surface area contributed by atoms with Gasteiger partial charge in [0.25, 0.3) is 6.47 Å². The topological polar surface area (TPSA) is 69.1 Å². The molecule has 5 aromatic rings. The zero-order valence-electron chi connectivity index (χ0n) is 23.6. The Hall–Kier alpha value is -4.03. The molecule has 0 fully saturated rings. The van der Waals surface area contributed by atoms with Crippen LogP contribution in [-0.2, 0) is 17.8 Å². The predicted octanol–water partition coefficient (Wildman–Crippen LogP) is 7.82. The van der Waals surface area contributed by atoms with Crippen molar-refractivity contribution in [2.75, 3.05) is 6.61 Å². The molecule has 0 spiro atoms. The fraction of sp³-hybridized carbons (Fsp3) is 0.273. The third kappa shape index (κ3) is 5.24. The van der Waals surface area contributed by atoms with Crippen LogP contribution in [0.5, 0.6) is 11.5 Å². The van der Waals surface area contributed by atoms with Gasteiger partial charge in [0.1, 0.15) is 11.5 Å². The highest BCUT2D eigenvalue weighted by molar-refractivity contribution is 6.32. The highest BCUT2D eigenvalue weighted by Crippen LogP contribution is 2.38. The maximum Gasteiger partial charge on any atom is 0.298 e. The van der Waals surface area contributed by atoms with E-state index in [9.17, 15) is 4.79 Å². The molecule has 0 radical (unpaired) electrons. The quantitative estimate of drug-likeness (QED) is 0.141. The van der Waals surface area contributed by atoms with Crippen LogP contribution in [0, 0.1) is 34.6 Å². The van der Waals surface area contributed by atoms with Crippen molar-refractivity contribution in [3.8, 4) is 22.6 Å². The van der Waals surface area contributed by atoms with Crippen molar-refractivity contribution < 1.29 is 14.3 Å². The first kappa shape index (κ1) is 27.5. The number of aromatic amines is 1. The number of aryl methyl sites for hydroxylation is 5. The van der Waals surface area contributed by atoms with Crippen LogP contribution in [0.4, 0.5) is 0 Å². The summed E-state index contributed by atoms with van der Waals surface area (Å²) in [7, 11) is 0. The standard InChI is InChI=1S/C33H34ClN3O3/c1-20-16-26(17-21(2)32(20)34)39-15-9-13-27-24(5)37(18-25-10-6-7-14-30(25)40-19-38)33-28(27)11-8-12-29(33)31-22(3)35-36-23(31)4/h6-8,10-12,14,16-17,19H,9,13,15,18H2,1-5H3,(H,35,36). The molecule has 0 atom stereocenters. The van der Waals surface area contributed by atoms with Gasteiger partial charge in [0.2, 0.25) is 0 Å². The smallest absolute Gasteiger partial charge is 0.298 e. The maximum atomic E-state index is 11.2. The Morgan fingerprint density at radius 3 is 2.45 bits per heavy atom. The van der Waals surface area contributed by atoms with Crippen molar-refractivity contribution in [3.05, 3.63) is 99.0 Å². The number of fused-ring (bicyclic) bond motifs is 1. The van der Waals surface area contributed by atoms with Gasteiger partial charge in [0, 0.05) is 38.5 Å². The number of H-pyrrole nitrogens is 1. The van der Waals surface area contributed by atoms with Crippen molar-refractivity contribution in [1.82, 2.24) is 14.8 Å². The zero-order valence-corrected chi connectivity index (χ0v) is 24.4. The molecule has 0 unspecified atom stereocenters. The largest absolute Gasteiger partial charge is 0.494 e. The van der Waals surface area contributed by atoms with Gasteiger partial charge in [0.15, 0.2) is 0 Å². The summed E-state index contributed by atoms with van der Waals surface area (Å²) in [6.45, 7) is 11.9. The first-order valence-electron chi connectivity index (χ1n) is 13.5. The Labute approximate surface area is 239 Å². The Morgan fingerprint density at radius 2 is 1.75 bits per heavy atom. The van der Waals surface area contributed by atoms with Crippen LogP contribution >= 0.6 is 11.6 Å². The molecule has 0 saturated carbocycles. The van der Waals surface area contributed by atoms with Crippen LogP contribution in [0.15, 0.2) is 54.6 Å². The zero-order chi connectivity index (χ0) is 28.4. The number of nitrogens with one attached hydrogen (secondary N) is 1. The minimum atomic E-state index is 0.484. The highest BCUT2D eigenvalue weighted by Gasteiger charge is 2.21. The number of benzene rings is 3. The number of rotatable bonds is 10. The number of carbonyl (C=O) groups is 1. The lowest BCUT2D eigenvalue weighted by molar-refractivity contribution is -0.120. The summed E-state index contributed by atoms with van der Waals surface area (Å²) in [6.07, 6.45) is 1.72. The summed E-state index contributed by atoms with van der Waals surface area (Å²) in [5, 5.41) is 9.61. The lowest BCUT2D eigenvalue weighted by Crippen LogP contribution is -2.06. The lowest BCUT2D eigenvalue weighted by Gasteiger charge is -2.14. The second kappa shape index (κ2) is 11.6. The van der Waals surface area contributed by atoms with Crippen molar-refractivity contribution in [1.29, 1.82) is 0 Å². The van der Waals surface area contributed by atoms with Gasteiger partial charge in [-0.15, -0.1) is 0 Å². The van der Waals surface area contributed by atoms with E-state index in [0.717, 1.165) is 68.3 Å². The Kier molecular flexibility index (Phi) is 7.99.